The van der Waals surface area contributed by atoms with Crippen molar-refractivity contribution in [3.63, 3.8) is 0 Å². The summed E-state index contributed by atoms with van der Waals surface area (Å²) in [5, 5.41) is 20.1. The molecule has 164 valence electrons. The molecule has 0 aromatic heterocycles. The summed E-state index contributed by atoms with van der Waals surface area (Å²) in [7, 11) is 1.32. The van der Waals surface area contributed by atoms with E-state index in [2.05, 4.69) is 0 Å². The molecule has 1 aliphatic heterocycles. The Hall–Kier alpha value is -4.51. The monoisotopic (exact) mass is 446 g/mol. The van der Waals surface area contributed by atoms with Gasteiger partial charge in [0, 0.05) is 5.69 Å². The molecule has 1 fully saturated rings. The van der Waals surface area contributed by atoms with Crippen LogP contribution >= 0.6 is 0 Å². The summed E-state index contributed by atoms with van der Waals surface area (Å²) >= 11 is 0. The smallest absolute Gasteiger partial charge is 0.300 e. The van der Waals surface area contributed by atoms with Crippen LogP contribution in [-0.2, 0) is 9.59 Å². The number of nitrogens with zero attached hydrogens (tertiary/aromatic N) is 2. The lowest BCUT2D eigenvalue weighted by molar-refractivity contribution is -0.132. The molecule has 33 heavy (non-hydrogen) atoms. The predicted molar refractivity (Wildman–Crippen MR) is 115 cm³/mol. The van der Waals surface area contributed by atoms with Crippen LogP contribution in [0.25, 0.3) is 5.76 Å². The molecule has 0 saturated carbocycles. The number of ketones is 1. The number of ether oxygens (including phenoxy) is 1. The Morgan fingerprint density at radius 2 is 1.64 bits per heavy atom. The predicted octanol–water partition coefficient (Wildman–Crippen LogP) is 4.47. The first-order chi connectivity index (χ1) is 15.8. The van der Waals surface area contributed by atoms with Crippen LogP contribution in [0.1, 0.15) is 22.7 Å². The number of carbonyl (C=O) groups excluding carboxylic acids is 2. The number of rotatable bonds is 4. The van der Waals surface area contributed by atoms with E-state index in [4.69, 9.17) is 10.00 Å². The number of methoxy groups -OCH3 is 1. The molecule has 6 nitrogen and oxygen atoms in total. The Morgan fingerprint density at radius 3 is 2.24 bits per heavy atom. The molecule has 1 unspecified atom stereocenters. The summed E-state index contributed by atoms with van der Waals surface area (Å²) in [4.78, 5) is 27.3. The van der Waals surface area contributed by atoms with Crippen LogP contribution in [0.3, 0.4) is 0 Å². The van der Waals surface area contributed by atoms with Crippen LogP contribution in [0.2, 0.25) is 0 Å². The highest BCUT2D eigenvalue weighted by Gasteiger charge is 2.47. The van der Waals surface area contributed by atoms with Crippen molar-refractivity contribution in [3.8, 4) is 11.8 Å². The standard InChI is InChI=1S/C25H16F2N2O4/c1-33-20-11-8-17(27)12-19(20)23(30)21-22(15-4-6-16(26)7-5-15)29(25(32)24(21)31)18-9-2-14(13-28)3-10-18/h2-12,22,30H,1H3/b23-21+. The van der Waals surface area contributed by atoms with Gasteiger partial charge in [0.2, 0.25) is 0 Å². The normalized spacial score (nSPS) is 17.2. The Labute approximate surface area is 187 Å². The average molecular weight is 446 g/mol. The van der Waals surface area contributed by atoms with Gasteiger partial charge in [-0.1, -0.05) is 12.1 Å². The van der Waals surface area contributed by atoms with Crippen LogP contribution in [0.15, 0.2) is 72.3 Å². The number of nitriles is 1. The molecule has 1 heterocycles. The van der Waals surface area contributed by atoms with Gasteiger partial charge in [0.25, 0.3) is 11.7 Å². The molecule has 0 spiro atoms. The van der Waals surface area contributed by atoms with Crippen LogP contribution in [0.5, 0.6) is 5.75 Å². The second-order valence-electron chi connectivity index (χ2n) is 7.22. The van der Waals surface area contributed by atoms with Crippen molar-refractivity contribution < 1.29 is 28.2 Å². The minimum absolute atomic E-state index is 0.0938. The molecule has 4 rings (SSSR count). The third-order valence-electron chi connectivity index (χ3n) is 5.32. The molecule has 1 atom stereocenters. The molecule has 1 saturated heterocycles. The van der Waals surface area contributed by atoms with E-state index in [-0.39, 0.29) is 22.6 Å². The van der Waals surface area contributed by atoms with Crippen LogP contribution in [0, 0.1) is 23.0 Å². The zero-order chi connectivity index (χ0) is 23.7. The van der Waals surface area contributed by atoms with E-state index >= 15 is 0 Å². The number of hydrogen-bond acceptors (Lipinski definition) is 5. The summed E-state index contributed by atoms with van der Waals surface area (Å²) in [6.45, 7) is 0. The first kappa shape index (κ1) is 21.7. The van der Waals surface area contributed by atoms with Crippen LogP contribution < -0.4 is 9.64 Å². The van der Waals surface area contributed by atoms with Gasteiger partial charge in [0.15, 0.2) is 0 Å². The van der Waals surface area contributed by atoms with Gasteiger partial charge in [-0.2, -0.15) is 5.26 Å². The number of aliphatic hydroxyl groups is 1. The maximum atomic E-state index is 14.0. The molecular weight excluding hydrogens is 430 g/mol. The van der Waals surface area contributed by atoms with Gasteiger partial charge >= 0.3 is 0 Å². The number of hydrogen-bond donors (Lipinski definition) is 1. The fourth-order valence-corrected chi connectivity index (χ4v) is 3.77. The summed E-state index contributed by atoms with van der Waals surface area (Å²) in [6.07, 6.45) is 0. The zero-order valence-corrected chi connectivity index (χ0v) is 17.3. The highest BCUT2D eigenvalue weighted by Crippen LogP contribution is 2.43. The van der Waals surface area contributed by atoms with Gasteiger partial charge in [0.1, 0.15) is 23.1 Å². The lowest BCUT2D eigenvalue weighted by Crippen LogP contribution is -2.29. The number of Topliss-reactive ketones (excluding diaryl/α,β-unsaturated/α-hetero) is 1. The highest BCUT2D eigenvalue weighted by molar-refractivity contribution is 6.51. The van der Waals surface area contributed by atoms with E-state index in [9.17, 15) is 23.5 Å². The number of halogens is 2. The highest BCUT2D eigenvalue weighted by atomic mass is 19.1. The SMILES string of the molecule is COc1ccc(F)cc1/C(O)=C1\C(=O)C(=O)N(c2ccc(C#N)cc2)C1c1ccc(F)cc1. The zero-order valence-electron chi connectivity index (χ0n) is 17.3. The van der Waals surface area contributed by atoms with Crippen molar-refractivity contribution >= 4 is 23.1 Å². The van der Waals surface area contributed by atoms with E-state index in [1.165, 1.54) is 49.6 Å². The second kappa shape index (κ2) is 8.55. The summed E-state index contributed by atoms with van der Waals surface area (Å²) in [5.74, 6) is -3.69. The van der Waals surface area contributed by atoms with Crippen molar-refractivity contribution in [1.82, 2.24) is 0 Å². The molecule has 1 amide bonds. The summed E-state index contributed by atoms with van der Waals surface area (Å²) in [5.41, 5.74) is 0.563. The van der Waals surface area contributed by atoms with Crippen LogP contribution in [0.4, 0.5) is 14.5 Å². The minimum Gasteiger partial charge on any atom is -0.507 e. The molecule has 3 aromatic carbocycles. The Kier molecular flexibility index (Phi) is 5.63. The number of amides is 1. The largest absolute Gasteiger partial charge is 0.507 e. The van der Waals surface area contributed by atoms with E-state index < -0.39 is 35.1 Å². The average Bonchev–Trinajstić information content (AvgIpc) is 3.09. The maximum Gasteiger partial charge on any atom is 0.300 e. The van der Waals surface area contributed by atoms with Crippen molar-refractivity contribution in [1.29, 1.82) is 5.26 Å². The van der Waals surface area contributed by atoms with Gasteiger partial charge < -0.3 is 9.84 Å². The number of aliphatic hydroxyl groups excluding tert-OH is 1. The maximum absolute atomic E-state index is 14.0. The van der Waals surface area contributed by atoms with E-state index in [0.29, 0.717) is 11.1 Å². The number of anilines is 1. The number of carbonyl (C=O) groups is 2. The van der Waals surface area contributed by atoms with Crippen LogP contribution in [-0.4, -0.2) is 23.9 Å². The van der Waals surface area contributed by atoms with Gasteiger partial charge in [-0.15, -0.1) is 0 Å². The van der Waals surface area contributed by atoms with Crippen molar-refractivity contribution in [3.05, 3.63) is 101 Å². The Morgan fingerprint density at radius 1 is 1.00 bits per heavy atom. The van der Waals surface area contributed by atoms with E-state index in [0.717, 1.165) is 29.2 Å². The molecule has 1 N–H and O–H groups in total. The van der Waals surface area contributed by atoms with Gasteiger partial charge in [-0.3, -0.25) is 14.5 Å². The fraction of sp³-hybridized carbons (Fsp3) is 0.0800. The molecule has 0 aliphatic carbocycles. The molecule has 8 heteroatoms. The van der Waals surface area contributed by atoms with Gasteiger partial charge in [-0.25, -0.2) is 8.78 Å². The molecule has 0 bridgehead atoms. The Bertz CT molecular complexity index is 1330. The minimum atomic E-state index is -1.13. The summed E-state index contributed by atoms with van der Waals surface area (Å²) in [6, 6.07) is 15.3. The van der Waals surface area contributed by atoms with E-state index in [1.807, 2.05) is 6.07 Å². The summed E-state index contributed by atoms with van der Waals surface area (Å²) < 4.78 is 32.7. The first-order valence-corrected chi connectivity index (χ1v) is 9.76. The fourth-order valence-electron chi connectivity index (χ4n) is 3.77. The van der Waals surface area contributed by atoms with Gasteiger partial charge in [0.05, 0.1) is 35.9 Å². The van der Waals surface area contributed by atoms with Gasteiger partial charge in [-0.05, 0) is 60.2 Å². The van der Waals surface area contributed by atoms with Crippen molar-refractivity contribution in [2.45, 2.75) is 6.04 Å². The molecule has 0 radical (unpaired) electrons. The second-order valence-corrected chi connectivity index (χ2v) is 7.22. The molecule has 3 aromatic rings. The van der Waals surface area contributed by atoms with Crippen molar-refractivity contribution in [2.24, 2.45) is 0 Å². The molecular formula is C25H16F2N2O4. The van der Waals surface area contributed by atoms with E-state index in [1.54, 1.807) is 0 Å². The lowest BCUT2D eigenvalue weighted by Gasteiger charge is -2.25. The Balaban J connectivity index is 1.97. The first-order valence-electron chi connectivity index (χ1n) is 9.76. The number of benzene rings is 3. The quantitative estimate of drug-likeness (QED) is 0.363. The lowest BCUT2D eigenvalue weighted by atomic mass is 9.94. The van der Waals surface area contributed by atoms with Crippen molar-refractivity contribution in [2.75, 3.05) is 12.0 Å². The third-order valence-corrected chi connectivity index (χ3v) is 5.32. The topological polar surface area (TPSA) is 90.6 Å². The third kappa shape index (κ3) is 3.81. The molecule has 1 aliphatic rings.